The van der Waals surface area contributed by atoms with Gasteiger partial charge in [0.25, 0.3) is 0 Å². The van der Waals surface area contributed by atoms with Crippen molar-refractivity contribution in [1.82, 2.24) is 10.3 Å². The zero-order chi connectivity index (χ0) is 20.0. The van der Waals surface area contributed by atoms with E-state index in [2.05, 4.69) is 16.4 Å². The summed E-state index contributed by atoms with van der Waals surface area (Å²) in [6.45, 7) is 0. The molecule has 0 bridgehead atoms. The molecule has 2 fully saturated rings. The number of aromatic nitrogens is 1. The van der Waals surface area contributed by atoms with Crippen LogP contribution in [-0.4, -0.2) is 23.0 Å². The Hall–Kier alpha value is -2.92. The SMILES string of the molecule is O=C1NC2CC(c3cccc(Cl)c3)CCC2C(=O)N1c1cncc2ccccc12. The van der Waals surface area contributed by atoms with E-state index in [1.165, 1.54) is 10.5 Å². The number of carbonyl (C=O) groups is 2. The zero-order valence-corrected chi connectivity index (χ0v) is 16.5. The van der Waals surface area contributed by atoms with E-state index in [9.17, 15) is 9.59 Å². The number of nitrogens with one attached hydrogen (secondary N) is 1. The molecule has 1 saturated carbocycles. The van der Waals surface area contributed by atoms with Gasteiger partial charge in [-0.2, -0.15) is 0 Å². The number of anilines is 1. The molecular weight excluding hydrogens is 386 g/mol. The summed E-state index contributed by atoms with van der Waals surface area (Å²) in [6.07, 6.45) is 5.70. The zero-order valence-electron chi connectivity index (χ0n) is 15.7. The fraction of sp³-hybridized carbons (Fsp3) is 0.261. The standard InChI is InChI=1S/C23H20ClN3O2/c24-17-6-3-5-14(10-17)15-8-9-19-20(11-15)26-23(29)27(22(19)28)21-13-25-12-16-4-1-2-7-18(16)21/h1-7,10,12-13,15,19-20H,8-9,11H2,(H,26,29). The van der Waals surface area contributed by atoms with E-state index in [0.717, 1.165) is 30.0 Å². The van der Waals surface area contributed by atoms with Crippen LogP contribution in [0, 0.1) is 5.92 Å². The van der Waals surface area contributed by atoms with E-state index >= 15 is 0 Å². The van der Waals surface area contributed by atoms with Crippen LogP contribution in [-0.2, 0) is 4.79 Å². The number of hydrogen-bond acceptors (Lipinski definition) is 3. The second-order valence-electron chi connectivity index (χ2n) is 7.78. The van der Waals surface area contributed by atoms with Gasteiger partial charge in [0.1, 0.15) is 0 Å². The molecule has 1 aliphatic carbocycles. The minimum atomic E-state index is -0.374. The maximum atomic E-state index is 13.3. The molecule has 5 rings (SSSR count). The Labute approximate surface area is 173 Å². The number of urea groups is 1. The van der Waals surface area contributed by atoms with Crippen molar-refractivity contribution >= 4 is 40.0 Å². The van der Waals surface area contributed by atoms with Gasteiger partial charge in [-0.15, -0.1) is 0 Å². The summed E-state index contributed by atoms with van der Waals surface area (Å²) >= 11 is 6.15. The van der Waals surface area contributed by atoms with Crippen LogP contribution in [0.2, 0.25) is 5.02 Å². The minimum absolute atomic E-state index is 0.138. The summed E-state index contributed by atoms with van der Waals surface area (Å²) in [7, 11) is 0. The lowest BCUT2D eigenvalue weighted by Crippen LogP contribution is -2.61. The number of rotatable bonds is 2. The third-order valence-electron chi connectivity index (χ3n) is 6.11. The van der Waals surface area contributed by atoms with Gasteiger partial charge in [0, 0.05) is 28.0 Å². The van der Waals surface area contributed by atoms with Crippen LogP contribution in [0.4, 0.5) is 10.5 Å². The molecule has 1 aromatic heterocycles. The maximum Gasteiger partial charge on any atom is 0.329 e. The van der Waals surface area contributed by atoms with Gasteiger partial charge in [-0.3, -0.25) is 9.78 Å². The van der Waals surface area contributed by atoms with Crippen LogP contribution in [0.5, 0.6) is 0 Å². The fourth-order valence-electron chi connectivity index (χ4n) is 4.68. The van der Waals surface area contributed by atoms with E-state index in [1.54, 1.807) is 12.4 Å². The van der Waals surface area contributed by atoms with Crippen LogP contribution >= 0.6 is 11.6 Å². The summed E-state index contributed by atoms with van der Waals surface area (Å²) < 4.78 is 0. The van der Waals surface area contributed by atoms with E-state index < -0.39 is 0 Å². The van der Waals surface area contributed by atoms with E-state index in [0.29, 0.717) is 10.7 Å². The summed E-state index contributed by atoms with van der Waals surface area (Å²) in [5.74, 6) is -0.0719. The quantitative estimate of drug-likeness (QED) is 0.659. The first-order valence-electron chi connectivity index (χ1n) is 9.84. The predicted molar refractivity (Wildman–Crippen MR) is 113 cm³/mol. The average Bonchev–Trinajstić information content (AvgIpc) is 2.73. The van der Waals surface area contributed by atoms with Crippen LogP contribution in [0.25, 0.3) is 10.8 Å². The monoisotopic (exact) mass is 405 g/mol. The Bertz CT molecular complexity index is 1110. The molecular formula is C23H20ClN3O2. The van der Waals surface area contributed by atoms with Crippen LogP contribution < -0.4 is 10.2 Å². The average molecular weight is 406 g/mol. The van der Waals surface area contributed by atoms with Crippen molar-refractivity contribution in [1.29, 1.82) is 0 Å². The van der Waals surface area contributed by atoms with Crippen LogP contribution in [0.1, 0.15) is 30.7 Å². The van der Waals surface area contributed by atoms with E-state index in [1.807, 2.05) is 42.5 Å². The van der Waals surface area contributed by atoms with Gasteiger partial charge >= 0.3 is 6.03 Å². The third kappa shape index (κ3) is 3.15. The van der Waals surface area contributed by atoms with Crippen molar-refractivity contribution in [2.24, 2.45) is 5.92 Å². The highest BCUT2D eigenvalue weighted by Gasteiger charge is 2.45. The van der Waals surface area contributed by atoms with Gasteiger partial charge in [-0.25, -0.2) is 9.69 Å². The number of hydrogen-bond donors (Lipinski definition) is 1. The highest BCUT2D eigenvalue weighted by atomic mass is 35.5. The first-order valence-corrected chi connectivity index (χ1v) is 10.2. The van der Waals surface area contributed by atoms with Gasteiger partial charge in [0.15, 0.2) is 0 Å². The molecule has 6 heteroatoms. The number of imide groups is 1. The van der Waals surface area contributed by atoms with Crippen molar-refractivity contribution in [2.45, 2.75) is 31.2 Å². The lowest BCUT2D eigenvalue weighted by molar-refractivity contribution is -0.124. The molecule has 2 aliphatic rings. The second kappa shape index (κ2) is 7.16. The smallest absolute Gasteiger partial charge is 0.329 e. The molecule has 2 heterocycles. The van der Waals surface area contributed by atoms with Gasteiger partial charge in [0.2, 0.25) is 5.91 Å². The molecule has 1 aliphatic heterocycles. The molecule has 0 spiro atoms. The number of carbonyl (C=O) groups excluding carboxylic acids is 2. The molecule has 146 valence electrons. The minimum Gasteiger partial charge on any atom is -0.334 e. The molecule has 1 N–H and O–H groups in total. The Kier molecular flexibility index (Phi) is 4.47. The third-order valence-corrected chi connectivity index (χ3v) is 6.34. The predicted octanol–water partition coefficient (Wildman–Crippen LogP) is 4.90. The van der Waals surface area contributed by atoms with Crippen LogP contribution in [0.15, 0.2) is 60.9 Å². The molecule has 5 nitrogen and oxygen atoms in total. The molecule has 3 amide bonds. The molecule has 3 aromatic rings. The maximum absolute atomic E-state index is 13.3. The summed E-state index contributed by atoms with van der Waals surface area (Å²) in [5, 5.41) is 5.54. The summed E-state index contributed by atoms with van der Waals surface area (Å²) in [4.78, 5) is 31.8. The number of benzene rings is 2. The Balaban J connectivity index is 1.44. The Morgan fingerprint density at radius 2 is 1.90 bits per heavy atom. The highest BCUT2D eigenvalue weighted by Crippen LogP contribution is 2.40. The van der Waals surface area contributed by atoms with Crippen molar-refractivity contribution in [3.05, 3.63) is 71.5 Å². The molecule has 0 radical (unpaired) electrons. The van der Waals surface area contributed by atoms with Crippen LogP contribution in [0.3, 0.4) is 0 Å². The first-order chi connectivity index (χ1) is 14.1. The van der Waals surface area contributed by atoms with E-state index in [4.69, 9.17) is 11.6 Å². The largest absolute Gasteiger partial charge is 0.334 e. The van der Waals surface area contributed by atoms with Gasteiger partial charge in [-0.1, -0.05) is 48.0 Å². The van der Waals surface area contributed by atoms with Crippen molar-refractivity contribution in [3.8, 4) is 0 Å². The summed E-state index contributed by atoms with van der Waals surface area (Å²) in [5.41, 5.74) is 1.71. The van der Waals surface area contributed by atoms with Crippen molar-refractivity contribution in [3.63, 3.8) is 0 Å². The first kappa shape index (κ1) is 18.1. The molecule has 3 unspecified atom stereocenters. The Morgan fingerprint density at radius 1 is 1.03 bits per heavy atom. The molecule has 1 saturated heterocycles. The molecule has 2 aromatic carbocycles. The normalized spacial score (nSPS) is 24.3. The number of nitrogens with zero attached hydrogens (tertiary/aromatic N) is 2. The summed E-state index contributed by atoms with van der Waals surface area (Å²) in [6, 6.07) is 15.0. The molecule has 3 atom stereocenters. The van der Waals surface area contributed by atoms with Gasteiger partial charge < -0.3 is 5.32 Å². The topological polar surface area (TPSA) is 62.3 Å². The highest BCUT2D eigenvalue weighted by molar-refractivity contribution is 6.30. The number of pyridine rings is 1. The lowest BCUT2D eigenvalue weighted by Gasteiger charge is -2.42. The number of amides is 3. The van der Waals surface area contributed by atoms with Gasteiger partial charge in [-0.05, 0) is 42.9 Å². The number of fused-ring (bicyclic) bond motifs is 2. The number of halogens is 1. The van der Waals surface area contributed by atoms with E-state index in [-0.39, 0.29) is 29.8 Å². The molecule has 29 heavy (non-hydrogen) atoms. The fourth-order valence-corrected chi connectivity index (χ4v) is 4.88. The second-order valence-corrected chi connectivity index (χ2v) is 8.22. The van der Waals surface area contributed by atoms with Crippen molar-refractivity contribution < 1.29 is 9.59 Å². The Morgan fingerprint density at radius 3 is 2.76 bits per heavy atom. The van der Waals surface area contributed by atoms with Gasteiger partial charge in [0.05, 0.1) is 17.8 Å². The van der Waals surface area contributed by atoms with Crippen molar-refractivity contribution in [2.75, 3.05) is 4.90 Å². The lowest BCUT2D eigenvalue weighted by atomic mass is 9.74.